The molecule has 0 saturated carbocycles. The van der Waals surface area contributed by atoms with Gasteiger partial charge >= 0.3 is 0 Å². The van der Waals surface area contributed by atoms with E-state index in [4.69, 9.17) is 23.2 Å². The molecule has 0 saturated heterocycles. The van der Waals surface area contributed by atoms with Gasteiger partial charge in [0.2, 0.25) is 0 Å². The number of ketones is 2. The summed E-state index contributed by atoms with van der Waals surface area (Å²) < 4.78 is 0. The fraction of sp³-hybridized carbons (Fsp3) is 0. The highest BCUT2D eigenvalue weighted by molar-refractivity contribution is 6.39. The SMILES string of the molecule is O=C1c2ccc(Cl)cc2C(=O)c2c(Cl)cccc21. The van der Waals surface area contributed by atoms with Crippen LogP contribution in [0, 0.1) is 0 Å². The van der Waals surface area contributed by atoms with Crippen LogP contribution >= 0.6 is 23.2 Å². The summed E-state index contributed by atoms with van der Waals surface area (Å²) in [5, 5.41) is 0.710. The van der Waals surface area contributed by atoms with Gasteiger partial charge in [-0.3, -0.25) is 9.59 Å². The molecular weight excluding hydrogens is 271 g/mol. The fourth-order valence-electron chi connectivity index (χ4n) is 2.13. The molecule has 2 aromatic carbocycles. The Balaban J connectivity index is 2.36. The molecule has 0 aromatic heterocycles. The smallest absolute Gasteiger partial charge is 0.196 e. The maximum atomic E-state index is 12.3. The van der Waals surface area contributed by atoms with Gasteiger partial charge in [0, 0.05) is 21.7 Å². The number of benzene rings is 2. The summed E-state index contributed by atoms with van der Waals surface area (Å²) in [6, 6.07) is 9.54. The Kier molecular flexibility index (Phi) is 2.51. The zero-order valence-corrected chi connectivity index (χ0v) is 10.5. The first-order valence-corrected chi connectivity index (χ1v) is 6.02. The van der Waals surface area contributed by atoms with E-state index in [2.05, 4.69) is 0 Å². The van der Waals surface area contributed by atoms with Crippen molar-refractivity contribution >= 4 is 34.8 Å². The molecule has 0 aliphatic heterocycles. The van der Waals surface area contributed by atoms with Gasteiger partial charge in [-0.1, -0.05) is 35.3 Å². The van der Waals surface area contributed by atoms with Gasteiger partial charge in [0.15, 0.2) is 11.6 Å². The largest absolute Gasteiger partial charge is 0.289 e. The highest BCUT2D eigenvalue weighted by atomic mass is 35.5. The van der Waals surface area contributed by atoms with E-state index >= 15 is 0 Å². The molecule has 0 bridgehead atoms. The Hall–Kier alpha value is -1.64. The Morgan fingerprint density at radius 3 is 2.33 bits per heavy atom. The molecule has 3 rings (SSSR count). The minimum atomic E-state index is -0.257. The van der Waals surface area contributed by atoms with Crippen molar-refractivity contribution in [2.45, 2.75) is 0 Å². The molecule has 18 heavy (non-hydrogen) atoms. The molecule has 4 heteroatoms. The second-order valence-corrected chi connectivity index (χ2v) is 4.85. The lowest BCUT2D eigenvalue weighted by Crippen LogP contribution is -2.21. The number of hydrogen-bond donors (Lipinski definition) is 0. The summed E-state index contributed by atoms with van der Waals surface area (Å²) in [5.74, 6) is -0.452. The fourth-order valence-corrected chi connectivity index (χ4v) is 2.56. The van der Waals surface area contributed by atoms with Crippen LogP contribution in [0.15, 0.2) is 36.4 Å². The zero-order valence-electron chi connectivity index (χ0n) is 9.04. The van der Waals surface area contributed by atoms with Crippen molar-refractivity contribution < 1.29 is 9.59 Å². The molecule has 0 unspecified atom stereocenters. The van der Waals surface area contributed by atoms with Crippen molar-refractivity contribution in [3.63, 3.8) is 0 Å². The summed E-state index contributed by atoms with van der Waals surface area (Å²) in [5.41, 5.74) is 1.30. The van der Waals surface area contributed by atoms with Gasteiger partial charge < -0.3 is 0 Å². The summed E-state index contributed by atoms with van der Waals surface area (Å²) in [4.78, 5) is 24.6. The molecule has 0 radical (unpaired) electrons. The van der Waals surface area contributed by atoms with E-state index in [0.29, 0.717) is 21.7 Å². The minimum Gasteiger partial charge on any atom is -0.289 e. The van der Waals surface area contributed by atoms with Crippen LogP contribution in [0.3, 0.4) is 0 Å². The Bertz CT molecular complexity index is 705. The summed E-state index contributed by atoms with van der Waals surface area (Å²) in [6.07, 6.45) is 0. The van der Waals surface area contributed by atoms with Gasteiger partial charge in [0.05, 0.1) is 10.6 Å². The van der Waals surface area contributed by atoms with E-state index in [1.807, 2.05) is 0 Å². The molecule has 0 atom stereocenters. The summed E-state index contributed by atoms with van der Waals surface area (Å²) in [7, 11) is 0. The Morgan fingerprint density at radius 1 is 0.778 bits per heavy atom. The second kappa shape index (κ2) is 3.94. The van der Waals surface area contributed by atoms with Crippen LogP contribution in [0.2, 0.25) is 10.0 Å². The lowest BCUT2D eigenvalue weighted by atomic mass is 9.84. The quantitative estimate of drug-likeness (QED) is 0.626. The van der Waals surface area contributed by atoms with Crippen LogP contribution in [-0.2, 0) is 0 Å². The molecule has 0 spiro atoms. The lowest BCUT2D eigenvalue weighted by Gasteiger charge is -2.18. The van der Waals surface area contributed by atoms with Gasteiger partial charge in [0.1, 0.15) is 0 Å². The maximum Gasteiger partial charge on any atom is 0.196 e. The number of rotatable bonds is 0. The molecule has 88 valence electrons. The average molecular weight is 277 g/mol. The van der Waals surface area contributed by atoms with Gasteiger partial charge in [-0.15, -0.1) is 0 Å². The third-order valence-corrected chi connectivity index (χ3v) is 3.51. The molecule has 2 nitrogen and oxygen atoms in total. The molecule has 0 heterocycles. The predicted octanol–water partition coefficient (Wildman–Crippen LogP) is 3.77. The van der Waals surface area contributed by atoms with Crippen LogP contribution in [0.1, 0.15) is 31.8 Å². The number of fused-ring (bicyclic) bond motifs is 2. The van der Waals surface area contributed by atoms with Crippen molar-refractivity contribution in [1.82, 2.24) is 0 Å². The van der Waals surface area contributed by atoms with E-state index in [1.54, 1.807) is 30.3 Å². The van der Waals surface area contributed by atoms with E-state index in [9.17, 15) is 9.59 Å². The first kappa shape index (κ1) is 11.5. The predicted molar refractivity (Wildman–Crippen MR) is 69.8 cm³/mol. The molecule has 0 N–H and O–H groups in total. The number of hydrogen-bond acceptors (Lipinski definition) is 2. The highest BCUT2D eigenvalue weighted by Gasteiger charge is 2.31. The van der Waals surface area contributed by atoms with Crippen LogP contribution < -0.4 is 0 Å². The topological polar surface area (TPSA) is 34.1 Å². The maximum absolute atomic E-state index is 12.3. The van der Waals surface area contributed by atoms with Gasteiger partial charge in [0.25, 0.3) is 0 Å². The lowest BCUT2D eigenvalue weighted by molar-refractivity contribution is 0.0979. The summed E-state index contributed by atoms with van der Waals surface area (Å²) in [6.45, 7) is 0. The van der Waals surface area contributed by atoms with Crippen LogP contribution in [0.25, 0.3) is 0 Å². The number of halogens is 2. The molecule has 1 aliphatic carbocycles. The monoisotopic (exact) mass is 276 g/mol. The Morgan fingerprint density at radius 2 is 1.56 bits per heavy atom. The van der Waals surface area contributed by atoms with E-state index in [1.165, 1.54) is 6.07 Å². The highest BCUT2D eigenvalue weighted by Crippen LogP contribution is 2.32. The average Bonchev–Trinajstić information content (AvgIpc) is 2.35. The first-order chi connectivity index (χ1) is 8.59. The van der Waals surface area contributed by atoms with Crippen molar-refractivity contribution in [3.05, 3.63) is 68.7 Å². The molecule has 2 aromatic rings. The standard InChI is InChI=1S/C14H6Cl2O2/c15-7-4-5-8-10(6-7)14(18)12-9(13(8)17)2-1-3-11(12)16/h1-6H. The van der Waals surface area contributed by atoms with Crippen molar-refractivity contribution in [1.29, 1.82) is 0 Å². The third-order valence-electron chi connectivity index (χ3n) is 2.96. The van der Waals surface area contributed by atoms with Crippen LogP contribution in [0.4, 0.5) is 0 Å². The molecule has 0 fully saturated rings. The normalized spacial score (nSPS) is 13.2. The second-order valence-electron chi connectivity index (χ2n) is 4.01. The first-order valence-electron chi connectivity index (χ1n) is 5.27. The van der Waals surface area contributed by atoms with E-state index in [-0.39, 0.29) is 22.2 Å². The van der Waals surface area contributed by atoms with Crippen molar-refractivity contribution in [2.24, 2.45) is 0 Å². The van der Waals surface area contributed by atoms with Crippen LogP contribution in [0.5, 0.6) is 0 Å². The minimum absolute atomic E-state index is 0.196. The van der Waals surface area contributed by atoms with Crippen LogP contribution in [-0.4, -0.2) is 11.6 Å². The Labute approximate surface area is 113 Å². The van der Waals surface area contributed by atoms with Crippen molar-refractivity contribution in [3.8, 4) is 0 Å². The van der Waals surface area contributed by atoms with Gasteiger partial charge in [-0.2, -0.15) is 0 Å². The third kappa shape index (κ3) is 1.50. The van der Waals surface area contributed by atoms with E-state index in [0.717, 1.165) is 0 Å². The van der Waals surface area contributed by atoms with Crippen molar-refractivity contribution in [2.75, 3.05) is 0 Å². The van der Waals surface area contributed by atoms with Gasteiger partial charge in [-0.25, -0.2) is 0 Å². The van der Waals surface area contributed by atoms with Gasteiger partial charge in [-0.05, 0) is 24.3 Å². The molecule has 1 aliphatic rings. The van der Waals surface area contributed by atoms with E-state index < -0.39 is 0 Å². The zero-order chi connectivity index (χ0) is 12.9. The number of carbonyl (C=O) groups excluding carboxylic acids is 2. The number of carbonyl (C=O) groups is 2. The molecule has 0 amide bonds. The molecular formula is C14H6Cl2O2. The summed E-state index contributed by atoms with van der Waals surface area (Å²) >= 11 is 11.9.